The van der Waals surface area contributed by atoms with Crippen LogP contribution in [0.1, 0.15) is 22.8 Å². The SMILES string of the molecule is CC(=O)c1cccc(N2CCN(C(=O)Nc3cccc(Cl)c3C)CC2)c1. The van der Waals surface area contributed by atoms with Crippen LogP contribution in [0.4, 0.5) is 16.2 Å². The number of carbonyl (C=O) groups is 2. The summed E-state index contributed by atoms with van der Waals surface area (Å²) >= 11 is 6.11. The molecule has 0 aliphatic carbocycles. The molecule has 1 aliphatic heterocycles. The van der Waals surface area contributed by atoms with Gasteiger partial charge in [-0.1, -0.05) is 29.8 Å². The van der Waals surface area contributed by atoms with Gasteiger partial charge in [-0.2, -0.15) is 0 Å². The Morgan fingerprint density at radius 3 is 2.42 bits per heavy atom. The van der Waals surface area contributed by atoms with Gasteiger partial charge in [0.25, 0.3) is 0 Å². The molecule has 1 aliphatic rings. The lowest BCUT2D eigenvalue weighted by Crippen LogP contribution is -2.50. The maximum atomic E-state index is 12.5. The number of hydrogen-bond donors (Lipinski definition) is 1. The standard InChI is InChI=1S/C20H22ClN3O2/c1-14-18(21)7-4-8-19(14)22-20(26)24-11-9-23(10-12-24)17-6-3-5-16(13-17)15(2)25/h3-8,13H,9-12H2,1-2H3,(H,22,26). The van der Waals surface area contributed by atoms with Crippen molar-refractivity contribution in [2.24, 2.45) is 0 Å². The van der Waals surface area contributed by atoms with E-state index in [0.717, 1.165) is 30.0 Å². The number of anilines is 2. The maximum absolute atomic E-state index is 12.5. The average Bonchev–Trinajstić information content (AvgIpc) is 2.65. The lowest BCUT2D eigenvalue weighted by molar-refractivity contribution is 0.101. The van der Waals surface area contributed by atoms with Crippen molar-refractivity contribution in [1.82, 2.24) is 4.90 Å². The second kappa shape index (κ2) is 7.79. The number of nitrogens with zero attached hydrogens (tertiary/aromatic N) is 2. The lowest BCUT2D eigenvalue weighted by atomic mass is 10.1. The number of Topliss-reactive ketones (excluding diaryl/α,β-unsaturated/α-hetero) is 1. The molecule has 0 atom stereocenters. The van der Waals surface area contributed by atoms with E-state index < -0.39 is 0 Å². The predicted octanol–water partition coefficient (Wildman–Crippen LogP) is 4.21. The monoisotopic (exact) mass is 371 g/mol. The maximum Gasteiger partial charge on any atom is 0.321 e. The number of ketones is 1. The van der Waals surface area contributed by atoms with E-state index in [9.17, 15) is 9.59 Å². The minimum atomic E-state index is -0.118. The molecule has 5 nitrogen and oxygen atoms in total. The number of piperazine rings is 1. The fraction of sp³-hybridized carbons (Fsp3) is 0.300. The summed E-state index contributed by atoms with van der Waals surface area (Å²) in [5.74, 6) is 0.0572. The third kappa shape index (κ3) is 3.99. The molecule has 1 N–H and O–H groups in total. The van der Waals surface area contributed by atoms with Crippen molar-refractivity contribution < 1.29 is 9.59 Å². The number of carbonyl (C=O) groups excluding carboxylic acids is 2. The fourth-order valence-corrected chi connectivity index (χ4v) is 3.20. The zero-order chi connectivity index (χ0) is 18.7. The largest absolute Gasteiger partial charge is 0.368 e. The summed E-state index contributed by atoms with van der Waals surface area (Å²) in [7, 11) is 0. The Kier molecular flexibility index (Phi) is 5.47. The van der Waals surface area contributed by atoms with Gasteiger partial charge in [0.1, 0.15) is 0 Å². The van der Waals surface area contributed by atoms with E-state index in [1.807, 2.05) is 43.3 Å². The first kappa shape index (κ1) is 18.3. The quantitative estimate of drug-likeness (QED) is 0.822. The van der Waals surface area contributed by atoms with Crippen LogP contribution in [0, 0.1) is 6.92 Å². The summed E-state index contributed by atoms with van der Waals surface area (Å²) in [6, 6.07) is 13.0. The zero-order valence-corrected chi connectivity index (χ0v) is 15.7. The molecule has 0 unspecified atom stereocenters. The van der Waals surface area contributed by atoms with Crippen LogP contribution in [-0.4, -0.2) is 42.9 Å². The molecule has 2 aromatic rings. The fourth-order valence-electron chi connectivity index (χ4n) is 3.03. The first-order valence-corrected chi connectivity index (χ1v) is 9.00. The average molecular weight is 372 g/mol. The van der Waals surface area contributed by atoms with Crippen LogP contribution in [0.3, 0.4) is 0 Å². The number of urea groups is 1. The number of amides is 2. The van der Waals surface area contributed by atoms with E-state index in [2.05, 4.69) is 10.2 Å². The van der Waals surface area contributed by atoms with Crippen LogP contribution in [0.25, 0.3) is 0 Å². The number of benzene rings is 2. The van der Waals surface area contributed by atoms with E-state index in [4.69, 9.17) is 11.6 Å². The molecule has 2 aromatic carbocycles. The Morgan fingerprint density at radius 2 is 1.73 bits per heavy atom. The van der Waals surface area contributed by atoms with Crippen LogP contribution in [0.5, 0.6) is 0 Å². The van der Waals surface area contributed by atoms with Crippen LogP contribution in [0.15, 0.2) is 42.5 Å². The molecule has 0 spiro atoms. The van der Waals surface area contributed by atoms with E-state index >= 15 is 0 Å². The molecule has 6 heteroatoms. The predicted molar refractivity (Wildman–Crippen MR) is 105 cm³/mol. The Hall–Kier alpha value is -2.53. The number of nitrogens with one attached hydrogen (secondary N) is 1. The minimum absolute atomic E-state index is 0.0572. The van der Waals surface area contributed by atoms with Crippen molar-refractivity contribution >= 4 is 34.8 Å². The van der Waals surface area contributed by atoms with Gasteiger partial charge in [-0.05, 0) is 43.7 Å². The molecule has 1 heterocycles. The molecule has 0 bridgehead atoms. The highest BCUT2D eigenvalue weighted by molar-refractivity contribution is 6.31. The molecule has 1 fully saturated rings. The van der Waals surface area contributed by atoms with Crippen molar-refractivity contribution in [1.29, 1.82) is 0 Å². The minimum Gasteiger partial charge on any atom is -0.368 e. The third-order valence-electron chi connectivity index (χ3n) is 4.69. The summed E-state index contributed by atoms with van der Waals surface area (Å²) in [5, 5.41) is 3.58. The van der Waals surface area contributed by atoms with Gasteiger partial charge < -0.3 is 15.1 Å². The highest BCUT2D eigenvalue weighted by Crippen LogP contribution is 2.24. The van der Waals surface area contributed by atoms with Gasteiger partial charge in [0.15, 0.2) is 5.78 Å². The van der Waals surface area contributed by atoms with E-state index in [0.29, 0.717) is 23.7 Å². The first-order valence-electron chi connectivity index (χ1n) is 8.62. The number of hydrogen-bond acceptors (Lipinski definition) is 3. The molecular weight excluding hydrogens is 350 g/mol. The van der Waals surface area contributed by atoms with E-state index in [1.54, 1.807) is 17.9 Å². The van der Waals surface area contributed by atoms with Gasteiger partial charge in [0, 0.05) is 48.1 Å². The molecule has 3 rings (SSSR count). The molecule has 1 saturated heterocycles. The first-order chi connectivity index (χ1) is 12.5. The normalized spacial score (nSPS) is 14.3. The Bertz CT molecular complexity index is 830. The van der Waals surface area contributed by atoms with E-state index in [1.165, 1.54) is 0 Å². The molecule has 0 radical (unpaired) electrons. The smallest absolute Gasteiger partial charge is 0.321 e. The van der Waals surface area contributed by atoms with Gasteiger partial charge in [-0.15, -0.1) is 0 Å². The summed E-state index contributed by atoms with van der Waals surface area (Å²) in [6.07, 6.45) is 0. The highest BCUT2D eigenvalue weighted by atomic mass is 35.5. The summed E-state index contributed by atoms with van der Waals surface area (Å²) in [6.45, 7) is 6.15. The molecule has 0 aromatic heterocycles. The van der Waals surface area contributed by atoms with Gasteiger partial charge >= 0.3 is 6.03 Å². The number of halogens is 1. The Morgan fingerprint density at radius 1 is 1.04 bits per heavy atom. The van der Waals surface area contributed by atoms with Crippen molar-refractivity contribution in [3.63, 3.8) is 0 Å². The van der Waals surface area contributed by atoms with E-state index in [-0.39, 0.29) is 11.8 Å². The van der Waals surface area contributed by atoms with Crippen LogP contribution in [0.2, 0.25) is 5.02 Å². The second-order valence-electron chi connectivity index (χ2n) is 6.42. The highest BCUT2D eigenvalue weighted by Gasteiger charge is 2.22. The summed E-state index contributed by atoms with van der Waals surface area (Å²) in [5.41, 5.74) is 3.32. The van der Waals surface area contributed by atoms with Crippen molar-refractivity contribution in [2.75, 3.05) is 36.4 Å². The van der Waals surface area contributed by atoms with Gasteiger partial charge in [-0.25, -0.2) is 4.79 Å². The van der Waals surface area contributed by atoms with Crippen molar-refractivity contribution in [3.05, 3.63) is 58.6 Å². The Balaban J connectivity index is 1.61. The zero-order valence-electron chi connectivity index (χ0n) is 15.0. The Labute approximate surface area is 158 Å². The molecule has 136 valence electrons. The van der Waals surface area contributed by atoms with Crippen LogP contribution >= 0.6 is 11.6 Å². The second-order valence-corrected chi connectivity index (χ2v) is 6.83. The van der Waals surface area contributed by atoms with Gasteiger partial charge in [0.2, 0.25) is 0 Å². The van der Waals surface area contributed by atoms with Crippen molar-refractivity contribution in [2.45, 2.75) is 13.8 Å². The molecule has 0 saturated carbocycles. The molecule has 26 heavy (non-hydrogen) atoms. The van der Waals surface area contributed by atoms with Crippen LogP contribution < -0.4 is 10.2 Å². The summed E-state index contributed by atoms with van der Waals surface area (Å²) < 4.78 is 0. The van der Waals surface area contributed by atoms with Gasteiger partial charge in [0.05, 0.1) is 0 Å². The van der Waals surface area contributed by atoms with Crippen molar-refractivity contribution in [3.8, 4) is 0 Å². The molecule has 2 amide bonds. The lowest BCUT2D eigenvalue weighted by Gasteiger charge is -2.36. The topological polar surface area (TPSA) is 52.7 Å². The van der Waals surface area contributed by atoms with Gasteiger partial charge in [-0.3, -0.25) is 4.79 Å². The third-order valence-corrected chi connectivity index (χ3v) is 5.10. The van der Waals surface area contributed by atoms with Crippen LogP contribution in [-0.2, 0) is 0 Å². The number of rotatable bonds is 3. The molecular formula is C20H22ClN3O2. The summed E-state index contributed by atoms with van der Waals surface area (Å²) in [4.78, 5) is 28.1.